The van der Waals surface area contributed by atoms with Crippen LogP contribution in [0.4, 0.5) is 5.69 Å². The molecule has 0 saturated carbocycles. The fourth-order valence-electron chi connectivity index (χ4n) is 2.65. The van der Waals surface area contributed by atoms with E-state index in [0.717, 1.165) is 10.0 Å². The van der Waals surface area contributed by atoms with Gasteiger partial charge in [0, 0.05) is 4.47 Å². The van der Waals surface area contributed by atoms with Crippen molar-refractivity contribution in [3.63, 3.8) is 0 Å². The van der Waals surface area contributed by atoms with E-state index in [9.17, 15) is 20.0 Å². The predicted molar refractivity (Wildman–Crippen MR) is 120 cm³/mol. The maximum atomic E-state index is 12.4. The summed E-state index contributed by atoms with van der Waals surface area (Å²) in [7, 11) is 1.40. The summed E-state index contributed by atoms with van der Waals surface area (Å²) in [5, 5.41) is 29.0. The van der Waals surface area contributed by atoms with Crippen molar-refractivity contribution in [3.8, 4) is 11.5 Å². The Kier molecular flexibility index (Phi) is 7.02. The molecule has 31 heavy (non-hydrogen) atoms. The van der Waals surface area contributed by atoms with Crippen LogP contribution in [-0.4, -0.2) is 39.0 Å². The van der Waals surface area contributed by atoms with E-state index in [0.29, 0.717) is 10.0 Å². The molecule has 3 rings (SSSR count). The molecule has 1 heterocycles. The van der Waals surface area contributed by atoms with E-state index >= 15 is 0 Å². The molecule has 2 N–H and O–H groups in total. The van der Waals surface area contributed by atoms with Crippen molar-refractivity contribution in [2.24, 2.45) is 5.10 Å². The SMILES string of the molecule is COc1cc(C=NNC(=O)c2nn(Cc3cccc(Br)c3)cc2[N+](=O)[O-])cc(Br)c1O. The quantitative estimate of drug-likeness (QED) is 0.260. The summed E-state index contributed by atoms with van der Waals surface area (Å²) in [6.45, 7) is 0.248. The van der Waals surface area contributed by atoms with Crippen molar-refractivity contribution < 1.29 is 19.6 Å². The van der Waals surface area contributed by atoms with Crippen LogP contribution in [0.25, 0.3) is 0 Å². The van der Waals surface area contributed by atoms with E-state index in [4.69, 9.17) is 4.74 Å². The van der Waals surface area contributed by atoms with E-state index in [1.54, 1.807) is 6.07 Å². The largest absolute Gasteiger partial charge is 0.503 e. The number of carbonyl (C=O) groups is 1. The second-order valence-electron chi connectivity index (χ2n) is 6.20. The standard InChI is InChI=1S/C19H15Br2N5O5/c1-31-16-7-12(6-14(21)18(16)27)8-22-23-19(28)17-15(26(29)30)10-25(24-17)9-11-3-2-4-13(20)5-11/h2-8,10,27H,9H2,1H3,(H,23,28). The lowest BCUT2D eigenvalue weighted by atomic mass is 10.2. The monoisotopic (exact) mass is 551 g/mol. The number of hydrogen-bond acceptors (Lipinski definition) is 7. The van der Waals surface area contributed by atoms with Crippen molar-refractivity contribution in [2.75, 3.05) is 7.11 Å². The van der Waals surface area contributed by atoms with E-state index in [-0.39, 0.29) is 23.7 Å². The second kappa shape index (κ2) is 9.71. The number of aromatic nitrogens is 2. The topological polar surface area (TPSA) is 132 Å². The van der Waals surface area contributed by atoms with Gasteiger partial charge in [-0.25, -0.2) is 5.43 Å². The molecule has 12 heteroatoms. The minimum Gasteiger partial charge on any atom is -0.503 e. The van der Waals surface area contributed by atoms with Crippen LogP contribution in [0, 0.1) is 10.1 Å². The maximum Gasteiger partial charge on any atom is 0.320 e. The van der Waals surface area contributed by atoms with Gasteiger partial charge in [-0.3, -0.25) is 19.6 Å². The van der Waals surface area contributed by atoms with E-state index < -0.39 is 16.5 Å². The van der Waals surface area contributed by atoms with Gasteiger partial charge in [-0.2, -0.15) is 10.2 Å². The number of hydrazone groups is 1. The van der Waals surface area contributed by atoms with Crippen molar-refractivity contribution in [2.45, 2.75) is 6.54 Å². The molecule has 1 amide bonds. The molecule has 0 saturated heterocycles. The lowest BCUT2D eigenvalue weighted by Crippen LogP contribution is -2.19. The molecule has 2 aromatic carbocycles. The van der Waals surface area contributed by atoms with Gasteiger partial charge in [0.15, 0.2) is 11.5 Å². The summed E-state index contributed by atoms with van der Waals surface area (Å²) < 4.78 is 7.60. The van der Waals surface area contributed by atoms with E-state index in [1.807, 2.05) is 24.3 Å². The van der Waals surface area contributed by atoms with Gasteiger partial charge in [0.05, 0.1) is 29.3 Å². The van der Waals surface area contributed by atoms with Crippen LogP contribution in [-0.2, 0) is 6.54 Å². The minimum atomic E-state index is -0.833. The molecule has 0 aliphatic carbocycles. The molecule has 3 aromatic rings. The normalized spacial score (nSPS) is 10.9. The van der Waals surface area contributed by atoms with Gasteiger partial charge in [-0.15, -0.1) is 0 Å². The molecule has 0 spiro atoms. The number of nitrogens with zero attached hydrogens (tertiary/aromatic N) is 4. The number of methoxy groups -OCH3 is 1. The van der Waals surface area contributed by atoms with Gasteiger partial charge in [0.25, 0.3) is 5.91 Å². The Morgan fingerprint density at radius 1 is 1.39 bits per heavy atom. The first-order valence-electron chi connectivity index (χ1n) is 8.64. The molecule has 0 bridgehead atoms. The summed E-state index contributed by atoms with van der Waals surface area (Å²) in [4.78, 5) is 23.1. The Hall–Kier alpha value is -3.25. The number of rotatable bonds is 7. The third-order valence-corrected chi connectivity index (χ3v) is 5.14. The average Bonchev–Trinajstić information content (AvgIpc) is 3.14. The number of benzene rings is 2. The number of phenolic OH excluding ortho intramolecular Hbond substituents is 1. The van der Waals surface area contributed by atoms with Crippen LogP contribution in [0.2, 0.25) is 0 Å². The number of carbonyl (C=O) groups excluding carboxylic acids is 1. The number of phenols is 1. The Morgan fingerprint density at radius 2 is 2.16 bits per heavy atom. The highest BCUT2D eigenvalue weighted by atomic mass is 79.9. The van der Waals surface area contributed by atoms with Crippen molar-refractivity contribution in [3.05, 3.63) is 78.5 Å². The zero-order valence-corrected chi connectivity index (χ0v) is 19.1. The number of halogens is 2. The number of amides is 1. The molecule has 160 valence electrons. The highest BCUT2D eigenvalue weighted by molar-refractivity contribution is 9.10. The highest BCUT2D eigenvalue weighted by Crippen LogP contribution is 2.34. The highest BCUT2D eigenvalue weighted by Gasteiger charge is 2.25. The first kappa shape index (κ1) is 22.4. The molecule has 0 atom stereocenters. The Morgan fingerprint density at radius 3 is 2.84 bits per heavy atom. The lowest BCUT2D eigenvalue weighted by molar-refractivity contribution is -0.385. The summed E-state index contributed by atoms with van der Waals surface area (Å²) in [5.41, 5.74) is 2.79. The van der Waals surface area contributed by atoms with Gasteiger partial charge >= 0.3 is 5.69 Å². The fourth-order valence-corrected chi connectivity index (χ4v) is 3.56. The van der Waals surface area contributed by atoms with Crippen LogP contribution < -0.4 is 10.2 Å². The maximum absolute atomic E-state index is 12.4. The van der Waals surface area contributed by atoms with Gasteiger partial charge in [-0.1, -0.05) is 28.1 Å². The van der Waals surface area contributed by atoms with Gasteiger partial charge < -0.3 is 9.84 Å². The molecule has 0 aliphatic rings. The van der Waals surface area contributed by atoms with Crippen molar-refractivity contribution in [1.29, 1.82) is 0 Å². The minimum absolute atomic E-state index is 0.0738. The van der Waals surface area contributed by atoms with E-state index in [1.165, 1.54) is 30.3 Å². The molecular formula is C19H15Br2N5O5. The van der Waals surface area contributed by atoms with Gasteiger partial charge in [0.1, 0.15) is 6.20 Å². The fraction of sp³-hybridized carbons (Fsp3) is 0.105. The second-order valence-corrected chi connectivity index (χ2v) is 7.97. The number of nitro groups is 1. The van der Waals surface area contributed by atoms with Crippen molar-refractivity contribution >= 4 is 49.7 Å². The number of aromatic hydroxyl groups is 1. The van der Waals surface area contributed by atoms with Gasteiger partial charge in [-0.05, 0) is 51.3 Å². The average molecular weight is 553 g/mol. The Balaban J connectivity index is 1.78. The molecule has 0 radical (unpaired) electrons. The Bertz CT molecular complexity index is 1180. The Labute approximate surface area is 192 Å². The third-order valence-electron chi connectivity index (χ3n) is 4.04. The molecule has 0 aliphatic heterocycles. The summed E-state index contributed by atoms with van der Waals surface area (Å²) in [6, 6.07) is 10.4. The van der Waals surface area contributed by atoms with Crippen LogP contribution >= 0.6 is 31.9 Å². The first-order chi connectivity index (χ1) is 14.8. The first-order valence-corrected chi connectivity index (χ1v) is 10.2. The zero-order valence-electron chi connectivity index (χ0n) is 16.0. The van der Waals surface area contributed by atoms with Crippen LogP contribution in [0.5, 0.6) is 11.5 Å². The third kappa shape index (κ3) is 5.47. The zero-order chi connectivity index (χ0) is 22.5. The molecule has 1 aromatic heterocycles. The van der Waals surface area contributed by atoms with E-state index in [2.05, 4.69) is 47.5 Å². The summed E-state index contributed by atoms with van der Waals surface area (Å²) in [6.07, 6.45) is 2.50. The van der Waals surface area contributed by atoms with Crippen LogP contribution in [0.15, 0.2) is 56.6 Å². The molecule has 10 nitrogen and oxygen atoms in total. The summed E-state index contributed by atoms with van der Waals surface area (Å²) in [5.74, 6) is -0.694. The molecular weight excluding hydrogens is 538 g/mol. The summed E-state index contributed by atoms with van der Waals surface area (Å²) >= 11 is 6.55. The smallest absolute Gasteiger partial charge is 0.320 e. The van der Waals surface area contributed by atoms with Crippen LogP contribution in [0.1, 0.15) is 21.6 Å². The molecule has 0 unspecified atom stereocenters. The number of ether oxygens (including phenoxy) is 1. The predicted octanol–water partition coefficient (Wildman–Crippen LogP) is 3.84. The van der Waals surface area contributed by atoms with Crippen molar-refractivity contribution in [1.82, 2.24) is 15.2 Å². The lowest BCUT2D eigenvalue weighted by Gasteiger charge is -2.06. The van der Waals surface area contributed by atoms with Gasteiger partial charge in [0.2, 0.25) is 5.69 Å². The number of hydrogen-bond donors (Lipinski definition) is 2. The number of nitrogens with one attached hydrogen (secondary N) is 1. The van der Waals surface area contributed by atoms with Crippen LogP contribution in [0.3, 0.4) is 0 Å². The molecule has 0 fully saturated rings.